The van der Waals surface area contributed by atoms with Gasteiger partial charge >= 0.3 is 0 Å². The molecular formula is C24H21N5O3. The van der Waals surface area contributed by atoms with Crippen LogP contribution in [0.2, 0.25) is 0 Å². The smallest absolute Gasteiger partial charge is 0.253 e. The summed E-state index contributed by atoms with van der Waals surface area (Å²) in [4.78, 5) is 40.7. The van der Waals surface area contributed by atoms with E-state index in [0.717, 1.165) is 5.56 Å². The van der Waals surface area contributed by atoms with Crippen molar-refractivity contribution in [1.29, 1.82) is 0 Å². The maximum Gasteiger partial charge on any atom is 0.253 e. The molecule has 0 saturated carbocycles. The number of hydrogen-bond donors (Lipinski definition) is 2. The Hall–Kier alpha value is -4.33. The molecule has 1 atom stereocenters. The second-order valence-corrected chi connectivity index (χ2v) is 7.06. The largest absolute Gasteiger partial charge is 0.481 e. The van der Waals surface area contributed by atoms with Crippen molar-refractivity contribution in [3.8, 4) is 17.3 Å². The number of nitrogens with one attached hydrogen (secondary N) is 2. The van der Waals surface area contributed by atoms with Gasteiger partial charge < -0.3 is 15.0 Å². The van der Waals surface area contributed by atoms with Crippen molar-refractivity contribution in [2.75, 3.05) is 7.11 Å². The quantitative estimate of drug-likeness (QED) is 0.469. The van der Waals surface area contributed by atoms with Gasteiger partial charge in [0, 0.05) is 42.7 Å². The van der Waals surface area contributed by atoms with Crippen LogP contribution in [-0.2, 0) is 6.42 Å². The number of hydrogen-bond acceptors (Lipinski definition) is 6. The Balaban J connectivity index is 1.62. The Bertz CT molecular complexity index is 1240. The molecule has 0 radical (unpaired) electrons. The molecule has 0 saturated heterocycles. The fourth-order valence-electron chi connectivity index (χ4n) is 3.28. The highest BCUT2D eigenvalue weighted by atomic mass is 16.5. The molecule has 0 spiro atoms. The fraction of sp³-hybridized carbons (Fsp3) is 0.125. The molecule has 0 bridgehead atoms. The third kappa shape index (κ3) is 5.04. The van der Waals surface area contributed by atoms with Crippen LogP contribution < -0.4 is 15.6 Å². The summed E-state index contributed by atoms with van der Waals surface area (Å²) < 4.78 is 5.05. The molecule has 8 heteroatoms. The standard InChI is InChI=1S/C24H21N5O3/c1-32-22-10-9-18(15-26-22)24(31)28-20(16-6-3-2-4-7-16)12-19-13-21(30)29-23(27-19)17-8-5-11-25-14-17/h2-11,13-15,20H,12H2,1H3,(H,28,31)(H,27,29,30)/t20-/m0/s1. The normalized spacial score (nSPS) is 11.5. The Morgan fingerprint density at radius 3 is 2.62 bits per heavy atom. The van der Waals surface area contributed by atoms with E-state index in [9.17, 15) is 9.59 Å². The van der Waals surface area contributed by atoms with Crippen molar-refractivity contribution in [3.63, 3.8) is 0 Å². The zero-order valence-electron chi connectivity index (χ0n) is 17.4. The number of methoxy groups -OCH3 is 1. The van der Waals surface area contributed by atoms with Crippen LogP contribution in [0.25, 0.3) is 11.4 Å². The minimum Gasteiger partial charge on any atom is -0.481 e. The second kappa shape index (κ2) is 9.65. The maximum absolute atomic E-state index is 12.9. The monoisotopic (exact) mass is 427 g/mol. The number of pyridine rings is 2. The number of aromatic nitrogens is 4. The maximum atomic E-state index is 12.9. The molecule has 0 aliphatic rings. The zero-order valence-corrected chi connectivity index (χ0v) is 17.4. The molecule has 3 heterocycles. The molecule has 0 aliphatic heterocycles. The number of carbonyl (C=O) groups excluding carboxylic acids is 1. The number of rotatable bonds is 7. The van der Waals surface area contributed by atoms with Crippen LogP contribution in [0, 0.1) is 0 Å². The highest BCUT2D eigenvalue weighted by Gasteiger charge is 2.18. The van der Waals surface area contributed by atoms with Crippen LogP contribution in [-0.4, -0.2) is 33.0 Å². The van der Waals surface area contributed by atoms with Gasteiger partial charge in [-0.15, -0.1) is 0 Å². The third-order valence-corrected chi connectivity index (χ3v) is 4.86. The van der Waals surface area contributed by atoms with Crippen LogP contribution in [0.3, 0.4) is 0 Å². The van der Waals surface area contributed by atoms with Gasteiger partial charge in [-0.1, -0.05) is 30.3 Å². The molecule has 0 unspecified atom stereocenters. The van der Waals surface area contributed by atoms with Gasteiger partial charge in [-0.05, 0) is 23.8 Å². The lowest BCUT2D eigenvalue weighted by Gasteiger charge is -2.19. The first-order valence-electron chi connectivity index (χ1n) is 9.99. The van der Waals surface area contributed by atoms with Gasteiger partial charge in [0.15, 0.2) is 0 Å². The molecule has 4 rings (SSSR count). The predicted octanol–water partition coefficient (Wildman–Crippen LogP) is 2.95. The number of aromatic amines is 1. The van der Waals surface area contributed by atoms with Crippen molar-refractivity contribution in [2.45, 2.75) is 12.5 Å². The number of H-pyrrole nitrogens is 1. The fourth-order valence-corrected chi connectivity index (χ4v) is 3.28. The summed E-state index contributed by atoms with van der Waals surface area (Å²) in [6.07, 6.45) is 5.08. The Morgan fingerprint density at radius 1 is 1.09 bits per heavy atom. The molecule has 4 aromatic rings. The number of carbonyl (C=O) groups is 1. The molecule has 1 amide bonds. The van der Waals surface area contributed by atoms with E-state index >= 15 is 0 Å². The first kappa shape index (κ1) is 20.9. The van der Waals surface area contributed by atoms with Crippen LogP contribution in [0.4, 0.5) is 0 Å². The van der Waals surface area contributed by atoms with Gasteiger partial charge in [0.2, 0.25) is 5.88 Å². The molecule has 8 nitrogen and oxygen atoms in total. The lowest BCUT2D eigenvalue weighted by atomic mass is 10.0. The molecule has 3 aromatic heterocycles. The van der Waals surface area contributed by atoms with Gasteiger partial charge in [-0.25, -0.2) is 9.97 Å². The van der Waals surface area contributed by atoms with E-state index in [1.165, 1.54) is 19.4 Å². The van der Waals surface area contributed by atoms with E-state index in [2.05, 4.69) is 25.3 Å². The van der Waals surface area contributed by atoms with Crippen LogP contribution in [0.1, 0.15) is 27.7 Å². The van der Waals surface area contributed by atoms with E-state index in [1.807, 2.05) is 36.4 Å². The van der Waals surface area contributed by atoms with Gasteiger partial charge in [-0.2, -0.15) is 0 Å². The van der Waals surface area contributed by atoms with Crippen molar-refractivity contribution < 1.29 is 9.53 Å². The second-order valence-electron chi connectivity index (χ2n) is 7.06. The Labute approximate surface area is 184 Å². The summed E-state index contributed by atoms with van der Waals surface area (Å²) in [6, 6.07) is 17.5. The number of benzene rings is 1. The highest BCUT2D eigenvalue weighted by Crippen LogP contribution is 2.20. The average Bonchev–Trinajstić information content (AvgIpc) is 2.84. The molecule has 160 valence electrons. The molecule has 1 aromatic carbocycles. The van der Waals surface area contributed by atoms with Gasteiger partial charge in [0.05, 0.1) is 24.4 Å². The van der Waals surface area contributed by atoms with Crippen molar-refractivity contribution in [3.05, 3.63) is 106 Å². The lowest BCUT2D eigenvalue weighted by molar-refractivity contribution is 0.0936. The molecule has 0 aliphatic carbocycles. The SMILES string of the molecule is COc1ccc(C(=O)N[C@@H](Cc2cc(=O)[nH]c(-c3cccnc3)n2)c2ccccc2)cn1. The first-order chi connectivity index (χ1) is 15.6. The molecule has 32 heavy (non-hydrogen) atoms. The zero-order chi connectivity index (χ0) is 22.3. The van der Waals surface area contributed by atoms with Crippen LogP contribution >= 0.6 is 0 Å². The summed E-state index contributed by atoms with van der Waals surface area (Å²) in [5.41, 5.74) is 2.28. The Morgan fingerprint density at radius 2 is 1.94 bits per heavy atom. The first-order valence-corrected chi connectivity index (χ1v) is 9.99. The average molecular weight is 427 g/mol. The minimum atomic E-state index is -0.401. The van der Waals surface area contributed by atoms with Crippen molar-refractivity contribution >= 4 is 5.91 Å². The van der Waals surface area contributed by atoms with Crippen LogP contribution in [0.5, 0.6) is 5.88 Å². The summed E-state index contributed by atoms with van der Waals surface area (Å²) in [7, 11) is 1.52. The van der Waals surface area contributed by atoms with Crippen LogP contribution in [0.15, 0.2) is 84.0 Å². The molecular weight excluding hydrogens is 406 g/mol. The molecule has 0 fully saturated rings. The van der Waals surface area contributed by atoms with Gasteiger partial charge in [0.25, 0.3) is 11.5 Å². The van der Waals surface area contributed by atoms with Gasteiger partial charge in [-0.3, -0.25) is 14.6 Å². The predicted molar refractivity (Wildman–Crippen MR) is 119 cm³/mol. The number of ether oxygens (including phenoxy) is 1. The van der Waals surface area contributed by atoms with Gasteiger partial charge in [0.1, 0.15) is 5.82 Å². The molecule has 2 N–H and O–H groups in total. The van der Waals surface area contributed by atoms with E-state index in [0.29, 0.717) is 34.9 Å². The van der Waals surface area contributed by atoms with E-state index < -0.39 is 6.04 Å². The summed E-state index contributed by atoms with van der Waals surface area (Å²) >= 11 is 0. The van der Waals surface area contributed by atoms with E-state index in [1.54, 1.807) is 30.6 Å². The lowest BCUT2D eigenvalue weighted by Crippen LogP contribution is -2.30. The topological polar surface area (TPSA) is 110 Å². The third-order valence-electron chi connectivity index (χ3n) is 4.86. The summed E-state index contributed by atoms with van der Waals surface area (Å²) in [5.74, 6) is 0.571. The highest BCUT2D eigenvalue weighted by molar-refractivity contribution is 5.94. The summed E-state index contributed by atoms with van der Waals surface area (Å²) in [5, 5.41) is 3.03. The Kier molecular flexibility index (Phi) is 6.31. The minimum absolute atomic E-state index is 0.272. The number of nitrogens with zero attached hydrogens (tertiary/aromatic N) is 3. The van der Waals surface area contributed by atoms with E-state index in [-0.39, 0.29) is 11.5 Å². The van der Waals surface area contributed by atoms with Crippen molar-refractivity contribution in [1.82, 2.24) is 25.3 Å². The van der Waals surface area contributed by atoms with E-state index in [4.69, 9.17) is 4.74 Å². The van der Waals surface area contributed by atoms with Crippen molar-refractivity contribution in [2.24, 2.45) is 0 Å². The summed E-state index contributed by atoms with van der Waals surface area (Å²) in [6.45, 7) is 0. The number of amides is 1.